The number of fused-ring (bicyclic) bond motifs is 1. The molecule has 0 spiro atoms. The Hall–Kier alpha value is -3.92. The molecule has 0 aromatic heterocycles. The summed E-state index contributed by atoms with van der Waals surface area (Å²) in [5.74, 6) is 0.403. The average Bonchev–Trinajstić information content (AvgIpc) is 2.94. The van der Waals surface area contributed by atoms with E-state index >= 15 is 0 Å². The molecule has 5 rings (SSSR count). The number of sulfonamides is 1. The van der Waals surface area contributed by atoms with Crippen molar-refractivity contribution in [1.82, 2.24) is 4.90 Å². The maximum Gasteiger partial charge on any atom is 0.238 e. The second-order valence-corrected chi connectivity index (χ2v) is 11.7. The second-order valence-electron chi connectivity index (χ2n) is 10.1. The van der Waals surface area contributed by atoms with Gasteiger partial charge in [-0.05, 0) is 108 Å². The molecule has 0 aliphatic carbocycles. The smallest absolute Gasteiger partial charge is 0.238 e. The molecule has 1 aliphatic rings. The fourth-order valence-electron chi connectivity index (χ4n) is 5.19. The third-order valence-electron chi connectivity index (χ3n) is 7.32. The van der Waals surface area contributed by atoms with Crippen LogP contribution in [0, 0.1) is 0 Å². The molecule has 1 aliphatic heterocycles. The van der Waals surface area contributed by atoms with E-state index in [0.717, 1.165) is 19.6 Å². The number of ether oxygens (including phenoxy) is 1. The SMILES string of the molecule is NS(=O)(=O)c1ccc(O)c(Cc2ccc3cc(O)ccc3c2C(=O)c2ccc(OCCN3CCCCC3)cc2)c1. The number of benzene rings is 4. The third-order valence-corrected chi connectivity index (χ3v) is 8.23. The monoisotopic (exact) mass is 560 g/mol. The summed E-state index contributed by atoms with van der Waals surface area (Å²) in [5, 5.41) is 27.1. The minimum atomic E-state index is -3.98. The molecule has 4 N–H and O–H groups in total. The molecule has 4 aromatic rings. The summed E-state index contributed by atoms with van der Waals surface area (Å²) in [7, 11) is -3.98. The van der Waals surface area contributed by atoms with Crippen molar-refractivity contribution in [2.75, 3.05) is 26.2 Å². The van der Waals surface area contributed by atoms with E-state index in [4.69, 9.17) is 9.88 Å². The van der Waals surface area contributed by atoms with Crippen LogP contribution >= 0.6 is 0 Å². The first kappa shape index (κ1) is 27.6. The minimum absolute atomic E-state index is 0.0724. The summed E-state index contributed by atoms with van der Waals surface area (Å²) in [4.78, 5) is 16.2. The maximum atomic E-state index is 13.9. The van der Waals surface area contributed by atoms with E-state index in [-0.39, 0.29) is 28.6 Å². The highest BCUT2D eigenvalue weighted by Crippen LogP contribution is 2.32. The van der Waals surface area contributed by atoms with E-state index in [9.17, 15) is 23.4 Å². The van der Waals surface area contributed by atoms with Crippen molar-refractivity contribution in [3.63, 3.8) is 0 Å². The van der Waals surface area contributed by atoms with Crippen molar-refractivity contribution in [2.45, 2.75) is 30.6 Å². The molecule has 0 radical (unpaired) electrons. The van der Waals surface area contributed by atoms with Gasteiger partial charge in [-0.25, -0.2) is 13.6 Å². The summed E-state index contributed by atoms with van der Waals surface area (Å²) in [6.45, 7) is 3.65. The number of rotatable bonds is 9. The molecular weight excluding hydrogens is 528 g/mol. The molecule has 0 atom stereocenters. The Morgan fingerprint density at radius 1 is 0.875 bits per heavy atom. The number of piperidine rings is 1. The zero-order chi connectivity index (χ0) is 28.3. The number of nitrogens with zero attached hydrogens (tertiary/aromatic N) is 1. The van der Waals surface area contributed by atoms with Crippen LogP contribution in [0.15, 0.2) is 77.7 Å². The lowest BCUT2D eigenvalue weighted by Gasteiger charge is -2.26. The highest BCUT2D eigenvalue weighted by atomic mass is 32.2. The van der Waals surface area contributed by atoms with Gasteiger partial charge in [0, 0.05) is 24.1 Å². The largest absolute Gasteiger partial charge is 0.508 e. The Bertz CT molecular complexity index is 1650. The van der Waals surface area contributed by atoms with E-state index in [1.807, 2.05) is 0 Å². The van der Waals surface area contributed by atoms with Gasteiger partial charge in [0.1, 0.15) is 23.9 Å². The number of hydrogen-bond acceptors (Lipinski definition) is 7. The first-order valence-corrected chi connectivity index (χ1v) is 14.8. The lowest BCUT2D eigenvalue weighted by Crippen LogP contribution is -2.33. The van der Waals surface area contributed by atoms with Crippen LogP contribution in [0.3, 0.4) is 0 Å². The number of primary sulfonamides is 1. The standard InChI is InChI=1S/C31H32N2O6S/c32-40(37,38)27-11-13-29(35)24(20-27)18-23-5-4-22-19-25(34)8-12-28(22)30(23)31(36)21-6-9-26(10-7-21)39-17-16-33-14-2-1-3-15-33/h4-13,19-20,34-35H,1-3,14-18H2,(H2,32,37,38). The van der Waals surface area contributed by atoms with Gasteiger partial charge in [0.05, 0.1) is 4.90 Å². The van der Waals surface area contributed by atoms with E-state index in [1.54, 1.807) is 48.5 Å². The molecule has 1 fully saturated rings. The highest BCUT2D eigenvalue weighted by molar-refractivity contribution is 7.89. The Morgan fingerprint density at radius 3 is 2.35 bits per heavy atom. The van der Waals surface area contributed by atoms with Crippen molar-refractivity contribution < 1.29 is 28.2 Å². The van der Waals surface area contributed by atoms with Crippen molar-refractivity contribution in [1.29, 1.82) is 0 Å². The van der Waals surface area contributed by atoms with E-state index in [1.165, 1.54) is 43.5 Å². The second kappa shape index (κ2) is 11.7. The Kier molecular flexibility index (Phi) is 8.07. The van der Waals surface area contributed by atoms with Gasteiger partial charge >= 0.3 is 0 Å². The van der Waals surface area contributed by atoms with Crippen LogP contribution in [0.5, 0.6) is 17.2 Å². The van der Waals surface area contributed by atoms with Gasteiger partial charge in [0.25, 0.3) is 0 Å². The van der Waals surface area contributed by atoms with Gasteiger partial charge in [-0.1, -0.05) is 18.6 Å². The maximum absolute atomic E-state index is 13.9. The fourth-order valence-corrected chi connectivity index (χ4v) is 5.75. The minimum Gasteiger partial charge on any atom is -0.508 e. The van der Waals surface area contributed by atoms with E-state index < -0.39 is 10.0 Å². The number of aromatic hydroxyl groups is 2. The molecule has 9 heteroatoms. The molecule has 1 saturated heterocycles. The molecule has 208 valence electrons. The number of carbonyl (C=O) groups is 1. The van der Waals surface area contributed by atoms with E-state index in [0.29, 0.717) is 45.4 Å². The number of hydrogen-bond donors (Lipinski definition) is 3. The van der Waals surface area contributed by atoms with Crippen molar-refractivity contribution in [3.05, 3.63) is 95.1 Å². The molecule has 4 aromatic carbocycles. The van der Waals surface area contributed by atoms with Crippen LogP contribution in [-0.4, -0.2) is 55.6 Å². The van der Waals surface area contributed by atoms with Gasteiger partial charge in [0.15, 0.2) is 5.78 Å². The quantitative estimate of drug-likeness (QED) is 0.255. The number of phenols is 2. The predicted molar refractivity (Wildman–Crippen MR) is 154 cm³/mol. The number of phenolic OH excluding ortho intramolecular Hbond substituents is 2. The Morgan fingerprint density at radius 2 is 1.62 bits per heavy atom. The van der Waals surface area contributed by atoms with Gasteiger partial charge in [-0.3, -0.25) is 9.69 Å². The van der Waals surface area contributed by atoms with Crippen LogP contribution in [0.25, 0.3) is 10.8 Å². The van der Waals surface area contributed by atoms with Gasteiger partial charge in [-0.15, -0.1) is 0 Å². The molecule has 40 heavy (non-hydrogen) atoms. The number of nitrogens with two attached hydrogens (primary N) is 1. The van der Waals surface area contributed by atoms with Gasteiger partial charge in [-0.2, -0.15) is 0 Å². The summed E-state index contributed by atoms with van der Waals surface area (Å²) < 4.78 is 29.7. The Balaban J connectivity index is 1.44. The van der Waals surface area contributed by atoms with Crippen LogP contribution in [0.1, 0.15) is 46.3 Å². The van der Waals surface area contributed by atoms with Crippen molar-refractivity contribution >= 4 is 26.6 Å². The van der Waals surface area contributed by atoms with Crippen molar-refractivity contribution in [3.8, 4) is 17.2 Å². The first-order valence-electron chi connectivity index (χ1n) is 13.3. The first-order chi connectivity index (χ1) is 19.2. The zero-order valence-electron chi connectivity index (χ0n) is 22.0. The van der Waals surface area contributed by atoms with E-state index in [2.05, 4.69) is 4.90 Å². The summed E-state index contributed by atoms with van der Waals surface area (Å²) >= 11 is 0. The van der Waals surface area contributed by atoms with Crippen molar-refractivity contribution in [2.24, 2.45) is 5.14 Å². The highest BCUT2D eigenvalue weighted by Gasteiger charge is 2.20. The number of ketones is 1. The zero-order valence-corrected chi connectivity index (χ0v) is 22.9. The molecule has 0 amide bonds. The predicted octanol–water partition coefficient (Wildman–Crippen LogP) is 4.58. The average molecular weight is 561 g/mol. The number of carbonyl (C=O) groups excluding carboxylic acids is 1. The topological polar surface area (TPSA) is 130 Å². The molecule has 8 nitrogen and oxygen atoms in total. The lowest BCUT2D eigenvalue weighted by atomic mass is 9.89. The normalized spacial score (nSPS) is 14.3. The van der Waals surface area contributed by atoms with Gasteiger partial charge in [0.2, 0.25) is 10.0 Å². The third kappa shape index (κ3) is 6.28. The van der Waals surface area contributed by atoms with Crippen LogP contribution in [0.2, 0.25) is 0 Å². The fraction of sp³-hybridized carbons (Fsp3) is 0.258. The lowest BCUT2D eigenvalue weighted by molar-refractivity contribution is 0.103. The Labute approximate surface area is 233 Å². The molecular formula is C31H32N2O6S. The molecule has 0 saturated carbocycles. The molecule has 0 unspecified atom stereocenters. The summed E-state index contributed by atoms with van der Waals surface area (Å²) in [6.07, 6.45) is 3.83. The van der Waals surface area contributed by atoms with Crippen LogP contribution in [0.4, 0.5) is 0 Å². The summed E-state index contributed by atoms with van der Waals surface area (Å²) in [5.41, 5.74) is 1.76. The number of likely N-dealkylation sites (tertiary alicyclic amines) is 1. The molecule has 0 bridgehead atoms. The van der Waals surface area contributed by atoms with Gasteiger partial charge < -0.3 is 14.9 Å². The van der Waals surface area contributed by atoms with Crippen LogP contribution < -0.4 is 9.88 Å². The summed E-state index contributed by atoms with van der Waals surface area (Å²) in [6, 6.07) is 19.1. The molecule has 1 heterocycles. The van der Waals surface area contributed by atoms with Crippen LogP contribution in [-0.2, 0) is 16.4 Å².